The molecule has 1 heterocycles. The number of fused-ring (bicyclic) bond motifs is 1. The Morgan fingerprint density at radius 2 is 1.77 bits per heavy atom. The summed E-state index contributed by atoms with van der Waals surface area (Å²) in [4.78, 5) is 12.9. The van der Waals surface area contributed by atoms with Gasteiger partial charge in [0.2, 0.25) is 0 Å². The predicted molar refractivity (Wildman–Crippen MR) is 128 cm³/mol. The van der Waals surface area contributed by atoms with E-state index in [0.29, 0.717) is 25.9 Å². The van der Waals surface area contributed by atoms with Crippen LogP contribution in [0.25, 0.3) is 11.0 Å². The van der Waals surface area contributed by atoms with Crippen molar-refractivity contribution in [2.75, 3.05) is 6.61 Å². The maximum absolute atomic E-state index is 12.9. The highest BCUT2D eigenvalue weighted by Crippen LogP contribution is 2.41. The van der Waals surface area contributed by atoms with Crippen LogP contribution < -0.4 is 5.69 Å². The topological polar surface area (TPSA) is 45.4 Å². The lowest BCUT2D eigenvalue weighted by Crippen LogP contribution is -2.30. The second-order valence-corrected chi connectivity index (χ2v) is 15.5. The number of aromatic nitrogens is 2. The van der Waals surface area contributed by atoms with Gasteiger partial charge in [-0.2, -0.15) is 0 Å². The van der Waals surface area contributed by atoms with Crippen molar-refractivity contribution in [3.8, 4) is 0 Å². The van der Waals surface area contributed by atoms with Crippen LogP contribution in [0, 0.1) is 0 Å². The van der Waals surface area contributed by atoms with Crippen molar-refractivity contribution in [3.05, 3.63) is 70.1 Å². The van der Waals surface area contributed by atoms with Gasteiger partial charge in [-0.1, -0.05) is 62.1 Å². The Kier molecular flexibility index (Phi) is 6.51. The number of benzene rings is 2. The van der Waals surface area contributed by atoms with Gasteiger partial charge in [-0.3, -0.25) is 9.13 Å². The molecule has 1 aliphatic rings. The molecule has 5 nitrogen and oxygen atoms in total. The van der Waals surface area contributed by atoms with Gasteiger partial charge in [0.1, 0.15) is 6.73 Å². The highest BCUT2D eigenvalue weighted by atomic mass is 28.3. The van der Waals surface area contributed by atoms with E-state index in [1.165, 1.54) is 11.1 Å². The monoisotopic (exact) mass is 438 g/mol. The molecule has 31 heavy (non-hydrogen) atoms. The number of aryl methyl sites for hydroxylation is 1. The molecular formula is C25H34N2O3Si. The van der Waals surface area contributed by atoms with E-state index >= 15 is 0 Å². The highest BCUT2D eigenvalue weighted by Gasteiger charge is 2.33. The molecule has 6 heteroatoms. The third-order valence-corrected chi connectivity index (χ3v) is 7.97. The van der Waals surface area contributed by atoms with Gasteiger partial charge in [-0.05, 0) is 42.0 Å². The number of hydrogen-bond acceptors (Lipinski definition) is 3. The molecule has 3 aromatic rings. The normalized spacial score (nSPS) is 19.0. The second kappa shape index (κ2) is 9.15. The molecule has 0 radical (unpaired) electrons. The Balaban J connectivity index is 1.43. The quantitative estimate of drug-likeness (QED) is 0.344. The van der Waals surface area contributed by atoms with Gasteiger partial charge < -0.3 is 9.47 Å². The summed E-state index contributed by atoms with van der Waals surface area (Å²) in [6, 6.07) is 17.7. The average molecular weight is 439 g/mol. The van der Waals surface area contributed by atoms with Gasteiger partial charge >= 0.3 is 5.69 Å². The zero-order valence-electron chi connectivity index (χ0n) is 19.1. The van der Waals surface area contributed by atoms with E-state index < -0.39 is 8.07 Å². The Morgan fingerprint density at radius 3 is 2.48 bits per heavy atom. The van der Waals surface area contributed by atoms with Gasteiger partial charge in [-0.25, -0.2) is 4.79 Å². The van der Waals surface area contributed by atoms with E-state index in [1.54, 1.807) is 9.13 Å². The molecule has 1 aromatic heterocycles. The number of hydrogen-bond donors (Lipinski definition) is 0. The van der Waals surface area contributed by atoms with Crippen molar-refractivity contribution < 1.29 is 9.47 Å². The van der Waals surface area contributed by atoms with Gasteiger partial charge in [0.15, 0.2) is 0 Å². The molecule has 0 spiro atoms. The third-order valence-electron chi connectivity index (χ3n) is 6.27. The summed E-state index contributed by atoms with van der Waals surface area (Å²) < 4.78 is 15.5. The first kappa shape index (κ1) is 22.1. The number of para-hydroxylation sites is 1. The van der Waals surface area contributed by atoms with Gasteiger partial charge in [0, 0.05) is 21.7 Å². The van der Waals surface area contributed by atoms with Crippen LogP contribution in [0.2, 0.25) is 25.7 Å². The molecule has 0 saturated heterocycles. The van der Waals surface area contributed by atoms with Crippen LogP contribution in [0.1, 0.15) is 29.9 Å². The molecule has 166 valence electrons. The van der Waals surface area contributed by atoms with Crippen LogP contribution in [0.4, 0.5) is 0 Å². The minimum absolute atomic E-state index is 0.00773. The maximum Gasteiger partial charge on any atom is 0.330 e. The molecule has 1 fully saturated rings. The van der Waals surface area contributed by atoms with Crippen molar-refractivity contribution in [3.63, 3.8) is 0 Å². The zero-order chi connectivity index (χ0) is 22.0. The van der Waals surface area contributed by atoms with Gasteiger partial charge in [-0.15, -0.1) is 0 Å². The lowest BCUT2D eigenvalue weighted by atomic mass is 9.77. The second-order valence-electron chi connectivity index (χ2n) is 9.92. The Morgan fingerprint density at radius 1 is 1.03 bits per heavy atom. The van der Waals surface area contributed by atoms with E-state index in [4.69, 9.17) is 9.47 Å². The van der Waals surface area contributed by atoms with Crippen molar-refractivity contribution in [1.82, 2.24) is 9.13 Å². The molecular weight excluding hydrogens is 404 g/mol. The SMILES string of the molecule is Cn1c(=O)n(COCC[Si](C)(C)C)c2cccc(C3CC(OCc4ccccc4)C3)c21. The fraction of sp³-hybridized carbons (Fsp3) is 0.480. The fourth-order valence-corrected chi connectivity index (χ4v) is 5.00. The van der Waals surface area contributed by atoms with Crippen molar-refractivity contribution >= 4 is 19.1 Å². The molecule has 0 atom stereocenters. The summed E-state index contributed by atoms with van der Waals surface area (Å²) in [5.74, 6) is 0.429. The summed E-state index contributed by atoms with van der Waals surface area (Å²) in [6.45, 7) is 8.69. The van der Waals surface area contributed by atoms with E-state index in [9.17, 15) is 4.79 Å². The number of imidazole rings is 1. The molecule has 0 N–H and O–H groups in total. The van der Waals surface area contributed by atoms with Gasteiger partial charge in [0.05, 0.1) is 23.7 Å². The molecule has 0 bridgehead atoms. The summed E-state index contributed by atoms with van der Waals surface area (Å²) in [6.07, 6.45) is 2.28. The Labute approximate surface area is 185 Å². The molecule has 1 saturated carbocycles. The van der Waals surface area contributed by atoms with Crippen molar-refractivity contribution in [2.24, 2.45) is 7.05 Å². The van der Waals surface area contributed by atoms with Crippen molar-refractivity contribution in [2.45, 2.75) is 63.9 Å². The Hall–Kier alpha value is -2.15. The largest absolute Gasteiger partial charge is 0.373 e. The molecule has 1 aliphatic carbocycles. The molecule has 2 aromatic carbocycles. The lowest BCUT2D eigenvalue weighted by Gasteiger charge is -2.36. The van der Waals surface area contributed by atoms with Crippen LogP contribution in [0.3, 0.4) is 0 Å². The predicted octanol–water partition coefficient (Wildman–Crippen LogP) is 5.12. The number of ether oxygens (including phenoxy) is 2. The minimum atomic E-state index is -1.14. The van der Waals surface area contributed by atoms with Gasteiger partial charge in [0.25, 0.3) is 0 Å². The van der Waals surface area contributed by atoms with Crippen LogP contribution in [0.15, 0.2) is 53.3 Å². The van der Waals surface area contributed by atoms with Crippen LogP contribution in [0.5, 0.6) is 0 Å². The molecule has 0 unspecified atom stereocenters. The van der Waals surface area contributed by atoms with Crippen molar-refractivity contribution in [1.29, 1.82) is 0 Å². The summed E-state index contributed by atoms with van der Waals surface area (Å²) in [5.41, 5.74) is 4.45. The third kappa shape index (κ3) is 5.02. The van der Waals surface area contributed by atoms with E-state index in [2.05, 4.69) is 43.9 Å². The van der Waals surface area contributed by atoms with E-state index in [0.717, 1.165) is 29.9 Å². The molecule has 0 amide bonds. The highest BCUT2D eigenvalue weighted by molar-refractivity contribution is 6.76. The summed E-state index contributed by atoms with van der Waals surface area (Å²) >= 11 is 0. The standard InChI is InChI=1S/C25H34N2O3Si/c1-26-24-22(20-15-21(16-20)30-17-19-9-6-5-7-10-19)11-8-12-23(24)27(25(26)28)18-29-13-14-31(2,3)4/h5-12,20-21H,13-18H2,1-4H3. The van der Waals surface area contributed by atoms with E-state index in [-0.39, 0.29) is 11.8 Å². The summed E-state index contributed by atoms with van der Waals surface area (Å²) in [5, 5.41) is 0. The van der Waals surface area contributed by atoms with Crippen LogP contribution >= 0.6 is 0 Å². The Bertz CT molecular complexity index is 1080. The lowest BCUT2D eigenvalue weighted by molar-refractivity contribution is -0.0205. The fourth-order valence-electron chi connectivity index (χ4n) is 4.24. The first-order valence-electron chi connectivity index (χ1n) is 11.2. The first-order valence-corrected chi connectivity index (χ1v) is 15.0. The zero-order valence-corrected chi connectivity index (χ0v) is 20.1. The van der Waals surface area contributed by atoms with E-state index in [1.807, 2.05) is 31.3 Å². The van der Waals surface area contributed by atoms with Crippen LogP contribution in [-0.4, -0.2) is 29.9 Å². The minimum Gasteiger partial charge on any atom is -0.373 e. The smallest absolute Gasteiger partial charge is 0.330 e. The summed E-state index contributed by atoms with van der Waals surface area (Å²) in [7, 11) is 0.726. The number of nitrogens with zero attached hydrogens (tertiary/aromatic N) is 2. The molecule has 0 aliphatic heterocycles. The molecule has 4 rings (SSSR count). The maximum atomic E-state index is 12.9. The first-order chi connectivity index (χ1) is 14.8. The average Bonchev–Trinajstić information content (AvgIpc) is 2.95. The van der Waals surface area contributed by atoms with Crippen LogP contribution in [-0.2, 0) is 29.9 Å². The number of rotatable bonds is 9.